The first kappa shape index (κ1) is 16.5. The molecule has 1 amide bonds. The van der Waals surface area contributed by atoms with Crippen LogP contribution >= 0.6 is 0 Å². The molecule has 112 valence electrons. The van der Waals surface area contributed by atoms with Crippen molar-refractivity contribution in [2.24, 2.45) is 5.92 Å². The van der Waals surface area contributed by atoms with Crippen LogP contribution in [0.1, 0.15) is 57.8 Å². The van der Waals surface area contributed by atoms with Crippen molar-refractivity contribution in [3.63, 3.8) is 0 Å². The van der Waals surface area contributed by atoms with Gasteiger partial charge in [0.25, 0.3) is 5.91 Å². The molecule has 0 fully saturated rings. The molecule has 0 saturated heterocycles. The van der Waals surface area contributed by atoms with Crippen LogP contribution in [0.25, 0.3) is 0 Å². The standard InChI is InChI=1S/C17H28N2O/c1-6-13(4)11-14(5)19-17(20)15-9-7-8-10-16(15)18-12(2)3/h7-10,12-14,18H,6,11H2,1-5H3,(H,19,20). The normalized spacial score (nSPS) is 13.9. The summed E-state index contributed by atoms with van der Waals surface area (Å²) in [5.74, 6) is 0.638. The summed E-state index contributed by atoms with van der Waals surface area (Å²) in [6.45, 7) is 10.6. The fourth-order valence-corrected chi connectivity index (χ4v) is 2.25. The molecule has 0 aromatic heterocycles. The third kappa shape index (κ3) is 5.24. The van der Waals surface area contributed by atoms with Crippen LogP contribution in [0.2, 0.25) is 0 Å². The SMILES string of the molecule is CCC(C)CC(C)NC(=O)c1ccccc1NC(C)C. The number of benzene rings is 1. The van der Waals surface area contributed by atoms with Crippen molar-refractivity contribution in [1.29, 1.82) is 0 Å². The van der Waals surface area contributed by atoms with Gasteiger partial charge in [-0.3, -0.25) is 4.79 Å². The van der Waals surface area contributed by atoms with Gasteiger partial charge >= 0.3 is 0 Å². The molecular weight excluding hydrogens is 248 g/mol. The highest BCUT2D eigenvalue weighted by Crippen LogP contribution is 2.17. The van der Waals surface area contributed by atoms with Gasteiger partial charge in [-0.25, -0.2) is 0 Å². The number of amides is 1. The van der Waals surface area contributed by atoms with Crippen LogP contribution in [0.4, 0.5) is 5.69 Å². The van der Waals surface area contributed by atoms with Gasteiger partial charge in [-0.1, -0.05) is 32.4 Å². The molecule has 0 aliphatic heterocycles. The van der Waals surface area contributed by atoms with Gasteiger partial charge in [0.2, 0.25) is 0 Å². The molecule has 1 aromatic rings. The van der Waals surface area contributed by atoms with Crippen LogP contribution < -0.4 is 10.6 Å². The second-order valence-corrected chi connectivity index (χ2v) is 5.97. The van der Waals surface area contributed by atoms with E-state index in [-0.39, 0.29) is 11.9 Å². The molecule has 0 saturated carbocycles. The van der Waals surface area contributed by atoms with E-state index in [1.807, 2.05) is 24.3 Å². The Morgan fingerprint density at radius 3 is 2.40 bits per heavy atom. The zero-order valence-corrected chi connectivity index (χ0v) is 13.4. The van der Waals surface area contributed by atoms with Gasteiger partial charge in [0.05, 0.1) is 5.56 Å². The molecular formula is C17H28N2O. The summed E-state index contributed by atoms with van der Waals surface area (Å²) in [5.41, 5.74) is 1.62. The summed E-state index contributed by atoms with van der Waals surface area (Å²) < 4.78 is 0. The maximum absolute atomic E-state index is 12.4. The molecule has 1 rings (SSSR count). The van der Waals surface area contributed by atoms with Gasteiger partial charge < -0.3 is 10.6 Å². The van der Waals surface area contributed by atoms with Crippen molar-refractivity contribution in [1.82, 2.24) is 5.32 Å². The molecule has 2 unspecified atom stereocenters. The third-order valence-electron chi connectivity index (χ3n) is 3.45. The predicted molar refractivity (Wildman–Crippen MR) is 86.2 cm³/mol. The molecule has 1 aromatic carbocycles. The lowest BCUT2D eigenvalue weighted by atomic mass is 10.00. The number of carbonyl (C=O) groups is 1. The molecule has 2 atom stereocenters. The summed E-state index contributed by atoms with van der Waals surface area (Å²) in [6.07, 6.45) is 2.16. The Hall–Kier alpha value is -1.51. The van der Waals surface area contributed by atoms with Crippen LogP contribution in [-0.2, 0) is 0 Å². The van der Waals surface area contributed by atoms with Crippen LogP contribution in [0.15, 0.2) is 24.3 Å². The molecule has 0 heterocycles. The smallest absolute Gasteiger partial charge is 0.253 e. The van der Waals surface area contributed by atoms with E-state index in [0.717, 1.165) is 24.1 Å². The average molecular weight is 276 g/mol. The van der Waals surface area contributed by atoms with Crippen LogP contribution in [0.5, 0.6) is 0 Å². The fraction of sp³-hybridized carbons (Fsp3) is 0.588. The maximum atomic E-state index is 12.4. The van der Waals surface area contributed by atoms with Crippen molar-refractivity contribution in [2.45, 2.75) is 59.5 Å². The lowest BCUT2D eigenvalue weighted by molar-refractivity contribution is 0.0936. The fourth-order valence-electron chi connectivity index (χ4n) is 2.25. The Labute approximate surface area is 123 Å². The summed E-state index contributed by atoms with van der Waals surface area (Å²) in [4.78, 5) is 12.4. The first-order valence-corrected chi connectivity index (χ1v) is 7.60. The number of rotatable bonds is 7. The van der Waals surface area contributed by atoms with E-state index < -0.39 is 0 Å². The van der Waals surface area contributed by atoms with E-state index in [2.05, 4.69) is 45.3 Å². The maximum Gasteiger partial charge on any atom is 0.253 e. The van der Waals surface area contributed by atoms with Gasteiger partial charge in [-0.05, 0) is 45.2 Å². The number of hydrogen-bond acceptors (Lipinski definition) is 2. The zero-order valence-electron chi connectivity index (χ0n) is 13.4. The molecule has 0 radical (unpaired) electrons. The highest BCUT2D eigenvalue weighted by molar-refractivity contribution is 5.99. The van der Waals surface area contributed by atoms with Gasteiger partial charge in [0, 0.05) is 17.8 Å². The van der Waals surface area contributed by atoms with E-state index >= 15 is 0 Å². The van der Waals surface area contributed by atoms with Crippen molar-refractivity contribution in [2.75, 3.05) is 5.32 Å². The quantitative estimate of drug-likeness (QED) is 0.788. The van der Waals surface area contributed by atoms with E-state index in [1.54, 1.807) is 0 Å². The Balaban J connectivity index is 2.72. The first-order chi connectivity index (χ1) is 9.43. The lowest BCUT2D eigenvalue weighted by Crippen LogP contribution is -2.34. The van der Waals surface area contributed by atoms with E-state index in [1.165, 1.54) is 0 Å². The molecule has 3 nitrogen and oxygen atoms in total. The van der Waals surface area contributed by atoms with Crippen molar-refractivity contribution in [3.05, 3.63) is 29.8 Å². The van der Waals surface area contributed by atoms with Gasteiger partial charge in [0.1, 0.15) is 0 Å². The highest BCUT2D eigenvalue weighted by atomic mass is 16.1. The van der Waals surface area contributed by atoms with E-state index in [4.69, 9.17) is 0 Å². The molecule has 0 spiro atoms. The minimum absolute atomic E-state index is 0.00422. The number of anilines is 1. The Morgan fingerprint density at radius 1 is 1.15 bits per heavy atom. The van der Waals surface area contributed by atoms with E-state index in [0.29, 0.717) is 12.0 Å². The first-order valence-electron chi connectivity index (χ1n) is 7.60. The van der Waals surface area contributed by atoms with Crippen LogP contribution in [-0.4, -0.2) is 18.0 Å². The average Bonchev–Trinajstić information content (AvgIpc) is 2.38. The summed E-state index contributed by atoms with van der Waals surface area (Å²) in [6, 6.07) is 8.18. The minimum Gasteiger partial charge on any atom is -0.382 e. The molecule has 0 aliphatic carbocycles. The monoisotopic (exact) mass is 276 g/mol. The number of carbonyl (C=O) groups excluding carboxylic acids is 1. The topological polar surface area (TPSA) is 41.1 Å². The highest BCUT2D eigenvalue weighted by Gasteiger charge is 2.15. The second-order valence-electron chi connectivity index (χ2n) is 5.97. The van der Waals surface area contributed by atoms with Crippen molar-refractivity contribution >= 4 is 11.6 Å². The summed E-state index contributed by atoms with van der Waals surface area (Å²) in [5, 5.41) is 6.41. The summed E-state index contributed by atoms with van der Waals surface area (Å²) >= 11 is 0. The number of hydrogen-bond donors (Lipinski definition) is 2. The Kier molecular flexibility index (Phi) is 6.56. The Morgan fingerprint density at radius 2 is 1.80 bits per heavy atom. The third-order valence-corrected chi connectivity index (χ3v) is 3.45. The van der Waals surface area contributed by atoms with Crippen LogP contribution in [0.3, 0.4) is 0 Å². The zero-order chi connectivity index (χ0) is 15.1. The van der Waals surface area contributed by atoms with E-state index in [9.17, 15) is 4.79 Å². The van der Waals surface area contributed by atoms with Gasteiger partial charge in [0.15, 0.2) is 0 Å². The van der Waals surface area contributed by atoms with Gasteiger partial charge in [-0.2, -0.15) is 0 Å². The van der Waals surface area contributed by atoms with Crippen LogP contribution in [0, 0.1) is 5.92 Å². The molecule has 0 aliphatic rings. The molecule has 3 heteroatoms. The van der Waals surface area contributed by atoms with Crippen molar-refractivity contribution in [3.8, 4) is 0 Å². The number of para-hydroxylation sites is 1. The lowest BCUT2D eigenvalue weighted by Gasteiger charge is -2.19. The second kappa shape index (κ2) is 7.93. The molecule has 0 bridgehead atoms. The predicted octanol–water partition coefficient (Wildman–Crippen LogP) is 4.06. The number of nitrogens with one attached hydrogen (secondary N) is 2. The Bertz CT molecular complexity index is 429. The van der Waals surface area contributed by atoms with Gasteiger partial charge in [-0.15, -0.1) is 0 Å². The molecule has 2 N–H and O–H groups in total. The van der Waals surface area contributed by atoms with Crippen molar-refractivity contribution < 1.29 is 4.79 Å². The summed E-state index contributed by atoms with van der Waals surface area (Å²) in [7, 11) is 0. The largest absolute Gasteiger partial charge is 0.382 e. The minimum atomic E-state index is 0.00422. The molecule has 20 heavy (non-hydrogen) atoms.